The third kappa shape index (κ3) is 2.17. The quantitative estimate of drug-likeness (QED) is 0.311. The van der Waals surface area contributed by atoms with E-state index in [2.05, 4.69) is 4.99 Å². The molecular weight excluding hydrogens is 104 g/mol. The second-order valence-corrected chi connectivity index (χ2v) is 1.27. The molecule has 0 aromatic rings. The number of nitrogens with two attached hydrogens (primary N) is 2. The van der Waals surface area contributed by atoms with Crippen molar-refractivity contribution in [3.8, 4) is 0 Å². The van der Waals surface area contributed by atoms with Gasteiger partial charge in [-0.2, -0.15) is 0 Å². The Hall–Kier alpha value is -1.06. The molecule has 0 saturated heterocycles. The van der Waals surface area contributed by atoms with Crippen LogP contribution < -0.4 is 11.5 Å². The smallest absolute Gasteiger partial charge is 0.161 e. The van der Waals surface area contributed by atoms with E-state index in [0.29, 0.717) is 6.54 Å². The van der Waals surface area contributed by atoms with E-state index >= 15 is 0 Å². The Morgan fingerprint density at radius 3 is 2.25 bits per heavy atom. The lowest BCUT2D eigenvalue weighted by Crippen LogP contribution is -2.30. The summed E-state index contributed by atoms with van der Waals surface area (Å²) in [4.78, 5) is 3.67. The van der Waals surface area contributed by atoms with Gasteiger partial charge in [-0.3, -0.25) is 10.4 Å². The van der Waals surface area contributed by atoms with Gasteiger partial charge in [-0.05, 0) is 6.92 Å². The highest BCUT2D eigenvalue weighted by Gasteiger charge is 1.90. The average Bonchev–Trinajstić information content (AvgIpc) is 1.67. The standard InChI is InChI=1S/C4H10N4/c1-2-8-4(7)3(5)6/h2H2,1H3,(H3,5,6)(H2,7,8). The molecule has 0 saturated carbocycles. The van der Waals surface area contributed by atoms with Crippen LogP contribution in [-0.4, -0.2) is 18.2 Å². The van der Waals surface area contributed by atoms with E-state index in [4.69, 9.17) is 16.9 Å². The van der Waals surface area contributed by atoms with Gasteiger partial charge in [-0.15, -0.1) is 0 Å². The van der Waals surface area contributed by atoms with Gasteiger partial charge < -0.3 is 11.5 Å². The van der Waals surface area contributed by atoms with Crippen LogP contribution in [-0.2, 0) is 0 Å². The molecule has 0 radical (unpaired) electrons. The molecule has 0 aliphatic rings. The van der Waals surface area contributed by atoms with Crippen molar-refractivity contribution in [1.29, 1.82) is 5.41 Å². The fraction of sp³-hybridized carbons (Fsp3) is 0.500. The van der Waals surface area contributed by atoms with Crippen LogP contribution in [0.4, 0.5) is 0 Å². The lowest BCUT2D eigenvalue weighted by Gasteiger charge is -1.91. The van der Waals surface area contributed by atoms with E-state index < -0.39 is 0 Å². The van der Waals surface area contributed by atoms with Crippen molar-refractivity contribution < 1.29 is 0 Å². The molecule has 0 spiro atoms. The number of hydrogen-bond acceptors (Lipinski definition) is 2. The first-order chi connectivity index (χ1) is 3.68. The zero-order valence-electron chi connectivity index (χ0n) is 4.81. The minimum absolute atomic E-state index is 0.118. The number of aliphatic imine (C=N–C) groups is 1. The molecule has 0 rings (SSSR count). The molecule has 4 nitrogen and oxygen atoms in total. The minimum Gasteiger partial charge on any atom is -0.381 e. The molecule has 8 heavy (non-hydrogen) atoms. The molecule has 4 heteroatoms. The second-order valence-electron chi connectivity index (χ2n) is 1.27. The molecule has 0 aliphatic heterocycles. The maximum atomic E-state index is 6.73. The molecule has 0 aromatic heterocycles. The normalized spacial score (nSPS) is 11.4. The van der Waals surface area contributed by atoms with Crippen molar-refractivity contribution >= 4 is 11.7 Å². The Bertz CT molecular complexity index is 115. The maximum Gasteiger partial charge on any atom is 0.161 e. The topological polar surface area (TPSA) is 88.2 Å². The van der Waals surface area contributed by atoms with Gasteiger partial charge in [0.2, 0.25) is 0 Å². The van der Waals surface area contributed by atoms with E-state index in [1.54, 1.807) is 0 Å². The van der Waals surface area contributed by atoms with Crippen LogP contribution >= 0.6 is 0 Å². The van der Waals surface area contributed by atoms with Crippen LogP contribution in [0, 0.1) is 5.41 Å². The van der Waals surface area contributed by atoms with Crippen molar-refractivity contribution in [3.05, 3.63) is 0 Å². The van der Waals surface area contributed by atoms with Gasteiger partial charge in [0.25, 0.3) is 0 Å². The van der Waals surface area contributed by atoms with Crippen LogP contribution in [0.1, 0.15) is 6.92 Å². The van der Waals surface area contributed by atoms with Crippen molar-refractivity contribution in [2.75, 3.05) is 6.54 Å². The molecule has 0 unspecified atom stereocenters. The summed E-state index contributed by atoms with van der Waals surface area (Å²) in [6.45, 7) is 2.40. The molecule has 46 valence electrons. The summed E-state index contributed by atoms with van der Waals surface area (Å²) in [5.74, 6) is -0.0423. The van der Waals surface area contributed by atoms with Crippen molar-refractivity contribution in [1.82, 2.24) is 0 Å². The Labute approximate surface area is 48.1 Å². The number of amidine groups is 2. The highest BCUT2D eigenvalue weighted by Crippen LogP contribution is 1.67. The lowest BCUT2D eigenvalue weighted by molar-refractivity contribution is 1.13. The minimum atomic E-state index is -0.160. The first-order valence-electron chi connectivity index (χ1n) is 2.32. The number of rotatable bonds is 1. The molecular formula is C4H10N4. The van der Waals surface area contributed by atoms with Crippen molar-refractivity contribution in [2.24, 2.45) is 16.5 Å². The summed E-state index contributed by atoms with van der Waals surface area (Å²) >= 11 is 0. The molecule has 0 amide bonds. The highest BCUT2D eigenvalue weighted by molar-refractivity contribution is 6.37. The predicted molar refractivity (Wildman–Crippen MR) is 34.1 cm³/mol. The second kappa shape index (κ2) is 3.01. The van der Waals surface area contributed by atoms with Gasteiger partial charge in [0, 0.05) is 6.54 Å². The van der Waals surface area contributed by atoms with E-state index in [0.717, 1.165) is 0 Å². The van der Waals surface area contributed by atoms with Crippen LogP contribution in [0.25, 0.3) is 0 Å². The monoisotopic (exact) mass is 114 g/mol. The fourth-order valence-corrected chi connectivity index (χ4v) is 0.256. The van der Waals surface area contributed by atoms with E-state index in [-0.39, 0.29) is 11.7 Å². The summed E-state index contributed by atoms with van der Waals surface area (Å²) in [7, 11) is 0. The molecule has 0 atom stereocenters. The van der Waals surface area contributed by atoms with Crippen molar-refractivity contribution in [3.63, 3.8) is 0 Å². The van der Waals surface area contributed by atoms with Gasteiger partial charge in [0.05, 0.1) is 0 Å². The number of nitrogens with zero attached hydrogens (tertiary/aromatic N) is 1. The van der Waals surface area contributed by atoms with Crippen LogP contribution in [0.2, 0.25) is 0 Å². The first-order valence-corrected chi connectivity index (χ1v) is 2.32. The Kier molecular flexibility index (Phi) is 2.61. The van der Waals surface area contributed by atoms with Gasteiger partial charge in [-0.25, -0.2) is 0 Å². The van der Waals surface area contributed by atoms with Gasteiger partial charge in [0.15, 0.2) is 11.7 Å². The molecule has 0 bridgehead atoms. The predicted octanol–water partition coefficient (Wildman–Crippen LogP) is -0.701. The van der Waals surface area contributed by atoms with Crippen LogP contribution in [0.15, 0.2) is 4.99 Å². The summed E-state index contributed by atoms with van der Waals surface area (Å²) in [6, 6.07) is 0. The maximum absolute atomic E-state index is 6.73. The summed E-state index contributed by atoms with van der Waals surface area (Å²) in [5.41, 5.74) is 10.1. The molecule has 0 aromatic carbocycles. The molecule has 0 fully saturated rings. The van der Waals surface area contributed by atoms with E-state index in [1.807, 2.05) is 6.92 Å². The zero-order chi connectivity index (χ0) is 6.57. The summed E-state index contributed by atoms with van der Waals surface area (Å²) in [5, 5.41) is 6.73. The Balaban J connectivity index is 3.80. The van der Waals surface area contributed by atoms with Gasteiger partial charge in [-0.1, -0.05) is 0 Å². The largest absolute Gasteiger partial charge is 0.381 e. The molecule has 0 heterocycles. The fourth-order valence-electron chi connectivity index (χ4n) is 0.256. The van der Waals surface area contributed by atoms with Crippen LogP contribution in [0.3, 0.4) is 0 Å². The van der Waals surface area contributed by atoms with Gasteiger partial charge >= 0.3 is 0 Å². The SMILES string of the molecule is CCN=C(N)C(=N)N. The highest BCUT2D eigenvalue weighted by atomic mass is 14.9. The summed E-state index contributed by atoms with van der Waals surface area (Å²) < 4.78 is 0. The average molecular weight is 114 g/mol. The van der Waals surface area contributed by atoms with Crippen LogP contribution in [0.5, 0.6) is 0 Å². The third-order valence-corrected chi connectivity index (χ3v) is 0.604. The summed E-state index contributed by atoms with van der Waals surface area (Å²) in [6.07, 6.45) is 0. The zero-order valence-corrected chi connectivity index (χ0v) is 4.81. The Morgan fingerprint density at radius 1 is 1.62 bits per heavy atom. The Morgan fingerprint density at radius 2 is 2.12 bits per heavy atom. The first kappa shape index (κ1) is 6.94. The van der Waals surface area contributed by atoms with E-state index in [1.165, 1.54) is 0 Å². The third-order valence-electron chi connectivity index (χ3n) is 0.604. The number of nitrogens with one attached hydrogen (secondary N) is 1. The lowest BCUT2D eigenvalue weighted by atomic mass is 10.5. The van der Waals surface area contributed by atoms with Gasteiger partial charge in [0.1, 0.15) is 0 Å². The van der Waals surface area contributed by atoms with Crippen molar-refractivity contribution in [2.45, 2.75) is 6.92 Å². The molecule has 5 N–H and O–H groups in total. The number of hydrogen-bond donors (Lipinski definition) is 3. The molecule has 0 aliphatic carbocycles. The van der Waals surface area contributed by atoms with E-state index in [9.17, 15) is 0 Å².